The van der Waals surface area contributed by atoms with Crippen molar-refractivity contribution in [1.82, 2.24) is 0 Å². The second-order valence-electron chi connectivity index (χ2n) is 2.48. The van der Waals surface area contributed by atoms with Crippen LogP contribution >= 0.6 is 11.6 Å². The minimum atomic E-state index is -1.35. The highest BCUT2D eigenvalue weighted by atomic mass is 35.5. The summed E-state index contributed by atoms with van der Waals surface area (Å²) in [5.41, 5.74) is -0.446. The van der Waals surface area contributed by atoms with E-state index in [1.54, 1.807) is 6.92 Å². The molecule has 0 aliphatic carbocycles. The Morgan fingerprint density at radius 1 is 1.64 bits per heavy atom. The Balaban J connectivity index is 3.26. The fourth-order valence-corrected chi connectivity index (χ4v) is 1.17. The van der Waals surface area contributed by atoms with Crippen LogP contribution < -0.4 is 4.74 Å². The van der Waals surface area contributed by atoms with Crippen molar-refractivity contribution in [2.24, 2.45) is 0 Å². The molecule has 0 atom stereocenters. The van der Waals surface area contributed by atoms with Gasteiger partial charge in [0.05, 0.1) is 17.2 Å². The van der Waals surface area contributed by atoms with Crippen LogP contribution in [0.5, 0.6) is 5.75 Å². The summed E-state index contributed by atoms with van der Waals surface area (Å²) in [4.78, 5) is 10.6. The van der Waals surface area contributed by atoms with E-state index < -0.39 is 17.3 Å². The summed E-state index contributed by atoms with van der Waals surface area (Å²) < 4.78 is 18.3. The van der Waals surface area contributed by atoms with Crippen LogP contribution in [0.4, 0.5) is 4.39 Å². The SMILES string of the molecule is CCOc1c(Cl)ccc(C(=O)O)c1F. The first-order valence-electron chi connectivity index (χ1n) is 3.92. The lowest BCUT2D eigenvalue weighted by atomic mass is 10.2. The van der Waals surface area contributed by atoms with E-state index in [-0.39, 0.29) is 17.4 Å². The highest BCUT2D eigenvalue weighted by Crippen LogP contribution is 2.29. The quantitative estimate of drug-likeness (QED) is 0.848. The van der Waals surface area contributed by atoms with Crippen LogP contribution in [-0.2, 0) is 0 Å². The zero-order valence-corrected chi connectivity index (χ0v) is 8.14. The number of hydrogen-bond acceptors (Lipinski definition) is 2. The summed E-state index contributed by atoms with van der Waals surface area (Å²) in [6, 6.07) is 2.39. The largest absolute Gasteiger partial charge is 0.489 e. The van der Waals surface area contributed by atoms with Crippen LogP contribution in [-0.4, -0.2) is 17.7 Å². The molecule has 0 aliphatic heterocycles. The minimum Gasteiger partial charge on any atom is -0.489 e. The fraction of sp³-hybridized carbons (Fsp3) is 0.222. The van der Waals surface area contributed by atoms with Gasteiger partial charge in [-0.1, -0.05) is 11.6 Å². The van der Waals surface area contributed by atoms with Crippen molar-refractivity contribution >= 4 is 17.6 Å². The third-order valence-corrected chi connectivity index (χ3v) is 1.87. The fourth-order valence-electron chi connectivity index (χ4n) is 0.974. The van der Waals surface area contributed by atoms with Crippen molar-refractivity contribution in [1.29, 1.82) is 0 Å². The van der Waals surface area contributed by atoms with Crippen LogP contribution in [0.1, 0.15) is 17.3 Å². The zero-order chi connectivity index (χ0) is 10.7. The Bertz CT molecular complexity index is 365. The first-order valence-corrected chi connectivity index (χ1v) is 4.29. The third-order valence-electron chi connectivity index (χ3n) is 1.57. The number of ether oxygens (including phenoxy) is 1. The molecule has 1 aromatic carbocycles. The van der Waals surface area contributed by atoms with Gasteiger partial charge in [-0.2, -0.15) is 0 Å². The Kier molecular flexibility index (Phi) is 3.30. The molecule has 1 N–H and O–H groups in total. The van der Waals surface area contributed by atoms with Gasteiger partial charge in [-0.05, 0) is 19.1 Å². The lowest BCUT2D eigenvalue weighted by Crippen LogP contribution is -2.04. The molecule has 0 aliphatic rings. The lowest BCUT2D eigenvalue weighted by molar-refractivity contribution is 0.0691. The number of halogens is 2. The molecule has 0 saturated heterocycles. The third kappa shape index (κ3) is 1.96. The van der Waals surface area contributed by atoms with Crippen molar-refractivity contribution < 1.29 is 19.0 Å². The zero-order valence-electron chi connectivity index (χ0n) is 7.38. The minimum absolute atomic E-state index is 0.0642. The smallest absolute Gasteiger partial charge is 0.338 e. The number of carboxylic acids is 1. The van der Waals surface area contributed by atoms with Gasteiger partial charge in [0.1, 0.15) is 0 Å². The maximum Gasteiger partial charge on any atom is 0.338 e. The molecule has 0 aromatic heterocycles. The summed E-state index contributed by atoms with van der Waals surface area (Å²) in [7, 11) is 0. The maximum absolute atomic E-state index is 13.4. The molecule has 0 spiro atoms. The van der Waals surface area contributed by atoms with Crippen molar-refractivity contribution in [2.45, 2.75) is 6.92 Å². The average molecular weight is 219 g/mol. The van der Waals surface area contributed by atoms with Gasteiger partial charge in [0.2, 0.25) is 0 Å². The molecule has 76 valence electrons. The number of rotatable bonds is 3. The molecule has 14 heavy (non-hydrogen) atoms. The van der Waals surface area contributed by atoms with E-state index >= 15 is 0 Å². The Hall–Kier alpha value is -1.29. The molecular formula is C9H8ClFO3. The second kappa shape index (κ2) is 4.28. The topological polar surface area (TPSA) is 46.5 Å². The molecule has 0 unspecified atom stereocenters. The van der Waals surface area contributed by atoms with Crippen LogP contribution in [0.3, 0.4) is 0 Å². The van der Waals surface area contributed by atoms with Gasteiger partial charge in [0.25, 0.3) is 0 Å². The van der Waals surface area contributed by atoms with Gasteiger partial charge < -0.3 is 9.84 Å². The average Bonchev–Trinajstić information content (AvgIpc) is 2.11. The molecule has 0 bridgehead atoms. The molecule has 0 amide bonds. The molecule has 0 heterocycles. The van der Waals surface area contributed by atoms with Gasteiger partial charge in [0, 0.05) is 0 Å². The molecule has 0 fully saturated rings. The van der Waals surface area contributed by atoms with Crippen LogP contribution in [0.2, 0.25) is 5.02 Å². The predicted molar refractivity (Wildman–Crippen MR) is 49.5 cm³/mol. The molecule has 3 nitrogen and oxygen atoms in total. The van der Waals surface area contributed by atoms with E-state index in [0.717, 1.165) is 6.07 Å². The van der Waals surface area contributed by atoms with E-state index in [9.17, 15) is 9.18 Å². The highest BCUT2D eigenvalue weighted by molar-refractivity contribution is 6.32. The van der Waals surface area contributed by atoms with Crippen LogP contribution in [0, 0.1) is 5.82 Å². The molecule has 5 heteroatoms. The van der Waals surface area contributed by atoms with Gasteiger partial charge in [-0.3, -0.25) is 0 Å². The number of carbonyl (C=O) groups is 1. The first kappa shape index (κ1) is 10.8. The standard InChI is InChI=1S/C9H8ClFO3/c1-2-14-8-6(10)4-3-5(7(8)11)9(12)13/h3-4H,2H2,1H3,(H,12,13). The summed E-state index contributed by atoms with van der Waals surface area (Å²) in [5, 5.41) is 8.67. The summed E-state index contributed by atoms with van der Waals surface area (Å²) in [5.74, 6) is -2.50. The number of carboxylic acid groups (broad SMARTS) is 1. The van der Waals surface area contributed by atoms with Crippen molar-refractivity contribution in [3.8, 4) is 5.75 Å². The van der Waals surface area contributed by atoms with Crippen molar-refractivity contribution in [3.05, 3.63) is 28.5 Å². The number of hydrogen-bond donors (Lipinski definition) is 1. The summed E-state index contributed by atoms with van der Waals surface area (Å²) >= 11 is 5.63. The van der Waals surface area contributed by atoms with Gasteiger partial charge in [0.15, 0.2) is 11.6 Å². The Labute approximate surface area is 85.1 Å². The summed E-state index contributed by atoms with van der Waals surface area (Å²) in [6.45, 7) is 1.88. The Morgan fingerprint density at radius 2 is 2.29 bits per heavy atom. The molecule has 0 saturated carbocycles. The number of aromatic carboxylic acids is 1. The molecule has 1 aromatic rings. The summed E-state index contributed by atoms with van der Waals surface area (Å²) in [6.07, 6.45) is 0. The second-order valence-corrected chi connectivity index (χ2v) is 2.88. The van der Waals surface area contributed by atoms with E-state index in [2.05, 4.69) is 0 Å². The monoisotopic (exact) mass is 218 g/mol. The molecule has 1 rings (SSSR count). The van der Waals surface area contributed by atoms with Gasteiger partial charge in [-0.25, -0.2) is 9.18 Å². The van der Waals surface area contributed by atoms with Crippen LogP contribution in [0.25, 0.3) is 0 Å². The normalized spacial score (nSPS) is 9.93. The molecular weight excluding hydrogens is 211 g/mol. The van der Waals surface area contributed by atoms with Gasteiger partial charge >= 0.3 is 5.97 Å². The Morgan fingerprint density at radius 3 is 2.79 bits per heavy atom. The predicted octanol–water partition coefficient (Wildman–Crippen LogP) is 2.58. The molecule has 0 radical (unpaired) electrons. The van der Waals surface area contributed by atoms with Gasteiger partial charge in [-0.15, -0.1) is 0 Å². The first-order chi connectivity index (χ1) is 6.57. The highest BCUT2D eigenvalue weighted by Gasteiger charge is 2.17. The van der Waals surface area contributed by atoms with Crippen molar-refractivity contribution in [3.63, 3.8) is 0 Å². The lowest BCUT2D eigenvalue weighted by Gasteiger charge is -2.08. The number of benzene rings is 1. The maximum atomic E-state index is 13.4. The van der Waals surface area contributed by atoms with Crippen LogP contribution in [0.15, 0.2) is 12.1 Å². The van der Waals surface area contributed by atoms with E-state index in [0.29, 0.717) is 0 Å². The van der Waals surface area contributed by atoms with E-state index in [1.165, 1.54) is 6.07 Å². The van der Waals surface area contributed by atoms with Crippen molar-refractivity contribution in [2.75, 3.05) is 6.61 Å². The van der Waals surface area contributed by atoms with E-state index in [1.807, 2.05) is 0 Å². The van der Waals surface area contributed by atoms with E-state index in [4.69, 9.17) is 21.4 Å².